The SMILES string of the molecule is COc1ccc(CC(N)c2cccc(Br)c2)cc1F. The van der Waals surface area contributed by atoms with Crippen LogP contribution in [-0.4, -0.2) is 7.11 Å². The second-order valence-electron chi connectivity index (χ2n) is 4.33. The lowest BCUT2D eigenvalue weighted by atomic mass is 9.99. The van der Waals surface area contributed by atoms with E-state index in [4.69, 9.17) is 10.5 Å². The molecule has 2 N–H and O–H groups in total. The van der Waals surface area contributed by atoms with E-state index in [1.807, 2.05) is 30.3 Å². The van der Waals surface area contributed by atoms with Crippen LogP contribution in [0.1, 0.15) is 17.2 Å². The zero-order valence-corrected chi connectivity index (χ0v) is 12.2. The summed E-state index contributed by atoms with van der Waals surface area (Å²) in [7, 11) is 1.45. The van der Waals surface area contributed by atoms with Crippen molar-refractivity contribution in [3.63, 3.8) is 0 Å². The summed E-state index contributed by atoms with van der Waals surface area (Å²) in [6.45, 7) is 0. The molecule has 4 heteroatoms. The number of benzene rings is 2. The molecule has 0 aliphatic rings. The van der Waals surface area contributed by atoms with Gasteiger partial charge in [0.25, 0.3) is 0 Å². The van der Waals surface area contributed by atoms with Gasteiger partial charge in [0, 0.05) is 10.5 Å². The number of ether oxygens (including phenoxy) is 1. The topological polar surface area (TPSA) is 35.2 Å². The van der Waals surface area contributed by atoms with Crippen molar-refractivity contribution in [1.82, 2.24) is 0 Å². The molecule has 0 spiro atoms. The summed E-state index contributed by atoms with van der Waals surface area (Å²) in [5.74, 6) is -0.110. The van der Waals surface area contributed by atoms with E-state index in [1.54, 1.807) is 6.07 Å². The Bertz CT molecular complexity index is 574. The van der Waals surface area contributed by atoms with E-state index >= 15 is 0 Å². The maximum absolute atomic E-state index is 13.6. The average Bonchev–Trinajstić information content (AvgIpc) is 2.39. The molecule has 0 fully saturated rings. The lowest BCUT2D eigenvalue weighted by Gasteiger charge is -2.13. The van der Waals surface area contributed by atoms with Gasteiger partial charge in [0.2, 0.25) is 0 Å². The number of nitrogens with two attached hydrogens (primary N) is 1. The summed E-state index contributed by atoms with van der Waals surface area (Å²) in [6.07, 6.45) is 0.581. The van der Waals surface area contributed by atoms with Gasteiger partial charge in [-0.15, -0.1) is 0 Å². The summed E-state index contributed by atoms with van der Waals surface area (Å²) in [5.41, 5.74) is 8.01. The lowest BCUT2D eigenvalue weighted by Crippen LogP contribution is -2.13. The minimum absolute atomic E-state index is 0.162. The molecule has 0 bridgehead atoms. The molecule has 0 amide bonds. The van der Waals surface area contributed by atoms with Gasteiger partial charge >= 0.3 is 0 Å². The van der Waals surface area contributed by atoms with Gasteiger partial charge in [-0.3, -0.25) is 0 Å². The number of hydrogen-bond acceptors (Lipinski definition) is 2. The van der Waals surface area contributed by atoms with Crippen LogP contribution >= 0.6 is 15.9 Å². The van der Waals surface area contributed by atoms with Crippen molar-refractivity contribution in [3.05, 3.63) is 63.9 Å². The third kappa shape index (κ3) is 3.55. The molecule has 1 atom stereocenters. The molecule has 1 unspecified atom stereocenters. The minimum atomic E-state index is -0.360. The first-order valence-electron chi connectivity index (χ1n) is 5.93. The number of hydrogen-bond donors (Lipinski definition) is 1. The fourth-order valence-corrected chi connectivity index (χ4v) is 2.36. The van der Waals surface area contributed by atoms with Crippen LogP contribution in [0, 0.1) is 5.82 Å². The largest absolute Gasteiger partial charge is 0.494 e. The van der Waals surface area contributed by atoms with E-state index in [-0.39, 0.29) is 17.6 Å². The van der Waals surface area contributed by atoms with Gasteiger partial charge in [0.15, 0.2) is 11.6 Å². The van der Waals surface area contributed by atoms with Gasteiger partial charge in [-0.25, -0.2) is 4.39 Å². The van der Waals surface area contributed by atoms with Crippen LogP contribution in [0.25, 0.3) is 0 Å². The van der Waals surface area contributed by atoms with Crippen LogP contribution in [0.15, 0.2) is 46.9 Å². The Hall–Kier alpha value is -1.39. The normalized spacial score (nSPS) is 12.2. The molecular weight excluding hydrogens is 309 g/mol. The Labute approximate surface area is 120 Å². The molecule has 2 rings (SSSR count). The quantitative estimate of drug-likeness (QED) is 0.927. The molecule has 0 saturated heterocycles. The van der Waals surface area contributed by atoms with Gasteiger partial charge < -0.3 is 10.5 Å². The fraction of sp³-hybridized carbons (Fsp3) is 0.200. The lowest BCUT2D eigenvalue weighted by molar-refractivity contribution is 0.386. The van der Waals surface area contributed by atoms with Crippen molar-refractivity contribution in [2.45, 2.75) is 12.5 Å². The fourth-order valence-electron chi connectivity index (χ4n) is 1.95. The molecule has 0 saturated carbocycles. The standard InChI is InChI=1S/C15H15BrFNO/c1-19-15-6-5-10(7-13(15)17)8-14(18)11-3-2-4-12(16)9-11/h2-7,9,14H,8,18H2,1H3. The predicted octanol–water partition coefficient (Wildman–Crippen LogP) is 3.84. The van der Waals surface area contributed by atoms with E-state index in [1.165, 1.54) is 13.2 Å². The zero-order chi connectivity index (χ0) is 13.8. The summed E-state index contributed by atoms with van der Waals surface area (Å²) < 4.78 is 19.5. The Kier molecular flexibility index (Phi) is 4.56. The molecule has 0 radical (unpaired) electrons. The van der Waals surface area contributed by atoms with E-state index in [0.29, 0.717) is 6.42 Å². The van der Waals surface area contributed by atoms with Crippen LogP contribution in [0.4, 0.5) is 4.39 Å². The summed E-state index contributed by atoms with van der Waals surface area (Å²) in [5, 5.41) is 0. The van der Waals surface area contributed by atoms with E-state index < -0.39 is 0 Å². The number of halogens is 2. The van der Waals surface area contributed by atoms with E-state index in [9.17, 15) is 4.39 Å². The van der Waals surface area contributed by atoms with Crippen molar-refractivity contribution in [3.8, 4) is 5.75 Å². The molecular formula is C15H15BrFNO. The Morgan fingerprint density at radius 3 is 2.68 bits per heavy atom. The molecule has 0 heterocycles. The molecule has 0 aliphatic heterocycles. The van der Waals surface area contributed by atoms with Gasteiger partial charge in [-0.2, -0.15) is 0 Å². The zero-order valence-electron chi connectivity index (χ0n) is 10.6. The van der Waals surface area contributed by atoms with Crippen molar-refractivity contribution in [2.75, 3.05) is 7.11 Å². The summed E-state index contributed by atoms with van der Waals surface area (Å²) >= 11 is 3.41. The highest BCUT2D eigenvalue weighted by molar-refractivity contribution is 9.10. The van der Waals surface area contributed by atoms with Crippen molar-refractivity contribution < 1.29 is 9.13 Å². The summed E-state index contributed by atoms with van der Waals surface area (Å²) in [4.78, 5) is 0. The van der Waals surface area contributed by atoms with E-state index in [0.717, 1.165) is 15.6 Å². The Morgan fingerprint density at radius 2 is 2.05 bits per heavy atom. The highest BCUT2D eigenvalue weighted by atomic mass is 79.9. The highest BCUT2D eigenvalue weighted by Crippen LogP contribution is 2.23. The van der Waals surface area contributed by atoms with Crippen LogP contribution in [0.2, 0.25) is 0 Å². The van der Waals surface area contributed by atoms with E-state index in [2.05, 4.69) is 15.9 Å². The second kappa shape index (κ2) is 6.17. The third-order valence-corrected chi connectivity index (χ3v) is 3.44. The molecule has 19 heavy (non-hydrogen) atoms. The maximum atomic E-state index is 13.6. The molecule has 2 nitrogen and oxygen atoms in total. The average molecular weight is 324 g/mol. The maximum Gasteiger partial charge on any atom is 0.165 e. The smallest absolute Gasteiger partial charge is 0.165 e. The molecule has 0 aromatic heterocycles. The van der Waals surface area contributed by atoms with Crippen molar-refractivity contribution in [1.29, 1.82) is 0 Å². The van der Waals surface area contributed by atoms with Crippen LogP contribution < -0.4 is 10.5 Å². The van der Waals surface area contributed by atoms with Crippen LogP contribution in [0.3, 0.4) is 0 Å². The predicted molar refractivity (Wildman–Crippen MR) is 77.7 cm³/mol. The number of methoxy groups -OCH3 is 1. The molecule has 2 aromatic rings. The Balaban J connectivity index is 2.14. The second-order valence-corrected chi connectivity index (χ2v) is 5.25. The molecule has 0 aliphatic carbocycles. The molecule has 2 aromatic carbocycles. The van der Waals surface area contributed by atoms with Gasteiger partial charge in [0.05, 0.1) is 7.11 Å². The monoisotopic (exact) mass is 323 g/mol. The first kappa shape index (κ1) is 14.0. The Morgan fingerprint density at radius 1 is 1.26 bits per heavy atom. The highest BCUT2D eigenvalue weighted by Gasteiger charge is 2.10. The summed E-state index contributed by atoms with van der Waals surface area (Å²) in [6, 6.07) is 12.6. The van der Waals surface area contributed by atoms with Gasteiger partial charge in [-0.05, 0) is 41.8 Å². The first-order chi connectivity index (χ1) is 9.10. The van der Waals surface area contributed by atoms with Gasteiger partial charge in [-0.1, -0.05) is 34.1 Å². The molecule has 100 valence electrons. The number of rotatable bonds is 4. The third-order valence-electron chi connectivity index (χ3n) is 2.95. The van der Waals surface area contributed by atoms with Crippen molar-refractivity contribution >= 4 is 15.9 Å². The van der Waals surface area contributed by atoms with Crippen LogP contribution in [-0.2, 0) is 6.42 Å². The van der Waals surface area contributed by atoms with Gasteiger partial charge in [0.1, 0.15) is 0 Å². The first-order valence-corrected chi connectivity index (χ1v) is 6.73. The van der Waals surface area contributed by atoms with Crippen LogP contribution in [0.5, 0.6) is 5.75 Å². The van der Waals surface area contributed by atoms with Crippen molar-refractivity contribution in [2.24, 2.45) is 5.73 Å². The minimum Gasteiger partial charge on any atom is -0.494 e.